The molecule has 0 bridgehead atoms. The van der Waals surface area contributed by atoms with Gasteiger partial charge in [-0.2, -0.15) is 0 Å². The molecule has 1 fully saturated rings. The summed E-state index contributed by atoms with van der Waals surface area (Å²) in [6.07, 6.45) is 5.95. The fourth-order valence-corrected chi connectivity index (χ4v) is 3.20. The van der Waals surface area contributed by atoms with Crippen LogP contribution in [0.4, 0.5) is 5.69 Å². The second kappa shape index (κ2) is 6.86. The second-order valence-corrected chi connectivity index (χ2v) is 5.87. The number of nitrogens with one attached hydrogen (secondary N) is 1. The molecule has 1 aliphatic carbocycles. The SMILES string of the molecule is COc1ccc(OC)c(NC(=O)C2(n3cnnn3)CCCCC2)c1. The first-order valence-electron chi connectivity index (χ1n) is 7.96. The number of nitrogens with zero attached hydrogens (tertiary/aromatic N) is 4. The molecule has 8 nitrogen and oxygen atoms in total. The summed E-state index contributed by atoms with van der Waals surface area (Å²) in [6, 6.07) is 5.29. The van der Waals surface area contributed by atoms with Crippen molar-refractivity contribution < 1.29 is 14.3 Å². The van der Waals surface area contributed by atoms with Gasteiger partial charge in [0.15, 0.2) is 0 Å². The van der Waals surface area contributed by atoms with Gasteiger partial charge in [0.05, 0.1) is 19.9 Å². The predicted octanol–water partition coefficient (Wildman–Crippen LogP) is 1.99. The molecule has 2 aromatic rings. The topological polar surface area (TPSA) is 91.2 Å². The molecule has 1 N–H and O–H groups in total. The minimum Gasteiger partial charge on any atom is -0.497 e. The Kier molecular flexibility index (Phi) is 4.64. The Bertz CT molecular complexity index is 696. The first-order valence-corrected chi connectivity index (χ1v) is 7.96. The van der Waals surface area contributed by atoms with Gasteiger partial charge in [-0.15, -0.1) is 5.10 Å². The highest BCUT2D eigenvalue weighted by Gasteiger charge is 2.42. The molecule has 24 heavy (non-hydrogen) atoms. The highest BCUT2D eigenvalue weighted by atomic mass is 16.5. The maximum Gasteiger partial charge on any atom is 0.252 e. The molecule has 0 radical (unpaired) electrons. The largest absolute Gasteiger partial charge is 0.497 e. The number of hydrogen-bond acceptors (Lipinski definition) is 6. The van der Waals surface area contributed by atoms with E-state index in [0.29, 0.717) is 30.0 Å². The number of rotatable bonds is 5. The Labute approximate surface area is 140 Å². The highest BCUT2D eigenvalue weighted by molar-refractivity contribution is 5.98. The van der Waals surface area contributed by atoms with E-state index in [9.17, 15) is 4.79 Å². The van der Waals surface area contributed by atoms with Crippen LogP contribution in [0, 0.1) is 0 Å². The number of carbonyl (C=O) groups excluding carboxylic acids is 1. The van der Waals surface area contributed by atoms with Gasteiger partial charge in [0.1, 0.15) is 23.4 Å². The van der Waals surface area contributed by atoms with Crippen molar-refractivity contribution in [2.24, 2.45) is 0 Å². The summed E-state index contributed by atoms with van der Waals surface area (Å²) in [5, 5.41) is 14.4. The molecular formula is C16H21N5O3. The Balaban J connectivity index is 1.92. The van der Waals surface area contributed by atoms with E-state index in [1.54, 1.807) is 37.1 Å². The van der Waals surface area contributed by atoms with Gasteiger partial charge in [0.2, 0.25) is 0 Å². The van der Waals surface area contributed by atoms with Crippen LogP contribution in [0.25, 0.3) is 0 Å². The number of anilines is 1. The fraction of sp³-hybridized carbons (Fsp3) is 0.500. The smallest absolute Gasteiger partial charge is 0.252 e. The quantitative estimate of drug-likeness (QED) is 0.901. The predicted molar refractivity (Wildman–Crippen MR) is 87.1 cm³/mol. The number of methoxy groups -OCH3 is 2. The lowest BCUT2D eigenvalue weighted by atomic mass is 9.81. The van der Waals surface area contributed by atoms with Crippen LogP contribution in [-0.4, -0.2) is 40.3 Å². The number of carbonyl (C=O) groups is 1. The molecule has 0 aliphatic heterocycles. The monoisotopic (exact) mass is 331 g/mol. The molecule has 8 heteroatoms. The average molecular weight is 331 g/mol. The van der Waals surface area contributed by atoms with Gasteiger partial charge in [-0.1, -0.05) is 19.3 Å². The van der Waals surface area contributed by atoms with Gasteiger partial charge in [0, 0.05) is 6.07 Å². The van der Waals surface area contributed by atoms with E-state index in [4.69, 9.17) is 9.47 Å². The maximum atomic E-state index is 13.1. The summed E-state index contributed by atoms with van der Waals surface area (Å²) in [5.41, 5.74) is -0.199. The van der Waals surface area contributed by atoms with E-state index in [1.807, 2.05) is 0 Å². The van der Waals surface area contributed by atoms with Gasteiger partial charge in [-0.05, 0) is 35.4 Å². The molecule has 0 atom stereocenters. The summed E-state index contributed by atoms with van der Waals surface area (Å²) >= 11 is 0. The highest BCUT2D eigenvalue weighted by Crippen LogP contribution is 2.37. The van der Waals surface area contributed by atoms with Crippen molar-refractivity contribution in [2.75, 3.05) is 19.5 Å². The normalized spacial score (nSPS) is 16.4. The molecule has 1 aromatic carbocycles. The van der Waals surface area contributed by atoms with Crippen LogP contribution in [0.1, 0.15) is 32.1 Å². The van der Waals surface area contributed by atoms with Crippen molar-refractivity contribution in [3.63, 3.8) is 0 Å². The van der Waals surface area contributed by atoms with Gasteiger partial charge in [-0.3, -0.25) is 4.79 Å². The van der Waals surface area contributed by atoms with E-state index in [1.165, 1.54) is 6.33 Å². The molecule has 1 aliphatic rings. The van der Waals surface area contributed by atoms with Crippen molar-refractivity contribution in [3.05, 3.63) is 24.5 Å². The Morgan fingerprint density at radius 2 is 2.00 bits per heavy atom. The van der Waals surface area contributed by atoms with Crippen LogP contribution in [0.3, 0.4) is 0 Å². The lowest BCUT2D eigenvalue weighted by molar-refractivity contribution is -0.126. The van der Waals surface area contributed by atoms with Crippen molar-refractivity contribution >= 4 is 11.6 Å². The zero-order valence-corrected chi connectivity index (χ0v) is 13.9. The third kappa shape index (κ3) is 2.91. The summed E-state index contributed by atoms with van der Waals surface area (Å²) in [6.45, 7) is 0. The number of aromatic nitrogens is 4. The van der Waals surface area contributed by atoms with Crippen LogP contribution in [-0.2, 0) is 10.3 Å². The molecule has 0 spiro atoms. The number of ether oxygens (including phenoxy) is 2. The summed E-state index contributed by atoms with van der Waals surface area (Å²) < 4.78 is 12.2. The van der Waals surface area contributed by atoms with Gasteiger partial charge < -0.3 is 14.8 Å². The van der Waals surface area contributed by atoms with Crippen LogP contribution in [0.15, 0.2) is 24.5 Å². The van der Waals surface area contributed by atoms with Crippen LogP contribution < -0.4 is 14.8 Å². The Hall–Kier alpha value is -2.64. The van der Waals surface area contributed by atoms with E-state index in [2.05, 4.69) is 20.8 Å². The van der Waals surface area contributed by atoms with E-state index >= 15 is 0 Å². The third-order valence-corrected chi connectivity index (χ3v) is 4.55. The molecule has 0 unspecified atom stereocenters. The molecule has 0 saturated heterocycles. The van der Waals surface area contributed by atoms with Crippen LogP contribution in [0.5, 0.6) is 11.5 Å². The molecule has 128 valence electrons. The van der Waals surface area contributed by atoms with E-state index in [0.717, 1.165) is 19.3 Å². The summed E-state index contributed by atoms with van der Waals surface area (Å²) in [7, 11) is 3.15. The van der Waals surface area contributed by atoms with Crippen LogP contribution >= 0.6 is 0 Å². The van der Waals surface area contributed by atoms with E-state index < -0.39 is 5.54 Å². The van der Waals surface area contributed by atoms with Crippen molar-refractivity contribution in [3.8, 4) is 11.5 Å². The van der Waals surface area contributed by atoms with Crippen molar-refractivity contribution in [1.82, 2.24) is 20.2 Å². The second-order valence-electron chi connectivity index (χ2n) is 5.87. The lowest BCUT2D eigenvalue weighted by Gasteiger charge is -2.35. The molecule has 1 saturated carbocycles. The first-order chi connectivity index (χ1) is 11.7. The number of hydrogen-bond donors (Lipinski definition) is 1. The summed E-state index contributed by atoms with van der Waals surface area (Å²) in [5.74, 6) is 1.08. The van der Waals surface area contributed by atoms with Crippen LogP contribution in [0.2, 0.25) is 0 Å². The van der Waals surface area contributed by atoms with Gasteiger partial charge >= 0.3 is 0 Å². The minimum atomic E-state index is -0.768. The van der Waals surface area contributed by atoms with Gasteiger partial charge in [0.25, 0.3) is 5.91 Å². The zero-order valence-electron chi connectivity index (χ0n) is 13.9. The maximum absolute atomic E-state index is 13.1. The molecular weight excluding hydrogens is 310 g/mol. The number of tetrazole rings is 1. The molecule has 1 aromatic heterocycles. The number of benzene rings is 1. The Morgan fingerprint density at radius 3 is 2.62 bits per heavy atom. The molecule has 1 heterocycles. The zero-order chi connectivity index (χ0) is 17.0. The summed E-state index contributed by atoms with van der Waals surface area (Å²) in [4.78, 5) is 13.1. The van der Waals surface area contributed by atoms with Crippen molar-refractivity contribution in [2.45, 2.75) is 37.6 Å². The minimum absolute atomic E-state index is 0.138. The Morgan fingerprint density at radius 1 is 1.21 bits per heavy atom. The van der Waals surface area contributed by atoms with Gasteiger partial charge in [-0.25, -0.2) is 4.68 Å². The fourth-order valence-electron chi connectivity index (χ4n) is 3.20. The first kappa shape index (κ1) is 16.2. The molecule has 1 amide bonds. The molecule has 3 rings (SSSR count). The number of amides is 1. The van der Waals surface area contributed by atoms with Crippen molar-refractivity contribution in [1.29, 1.82) is 0 Å². The third-order valence-electron chi connectivity index (χ3n) is 4.55. The lowest BCUT2D eigenvalue weighted by Crippen LogP contribution is -2.47. The standard InChI is InChI=1S/C16H21N5O3/c1-23-12-6-7-14(24-2)13(10-12)18-15(22)16(8-4-3-5-9-16)21-11-17-19-20-21/h6-7,10-11H,3-5,8-9H2,1-2H3,(H,18,22). The average Bonchev–Trinajstić information content (AvgIpc) is 3.17. The van der Waals surface area contributed by atoms with E-state index in [-0.39, 0.29) is 5.91 Å².